The molecule has 1 aromatic rings. The van der Waals surface area contributed by atoms with Crippen LogP contribution >= 0.6 is 0 Å². The summed E-state index contributed by atoms with van der Waals surface area (Å²) in [5.41, 5.74) is -0.657. The molecule has 0 aliphatic carbocycles. The molecule has 0 spiro atoms. The standard InChI is InChI=1S/C10H12N2O7S/c1-2-19-10(14)6-20(17,18)11-8-4-3-7(12(15)16)5-9(8)13/h3-5,11,13H,2,6H2,1H3. The van der Waals surface area contributed by atoms with Crippen molar-refractivity contribution in [1.29, 1.82) is 0 Å². The Kier molecular flexibility index (Phi) is 4.86. The van der Waals surface area contributed by atoms with Crippen molar-refractivity contribution in [1.82, 2.24) is 0 Å². The van der Waals surface area contributed by atoms with Gasteiger partial charge < -0.3 is 9.84 Å². The van der Waals surface area contributed by atoms with Crippen molar-refractivity contribution in [2.75, 3.05) is 17.1 Å². The highest BCUT2D eigenvalue weighted by molar-refractivity contribution is 7.93. The van der Waals surface area contributed by atoms with E-state index in [0.717, 1.165) is 18.2 Å². The molecule has 0 aromatic heterocycles. The van der Waals surface area contributed by atoms with Crippen molar-refractivity contribution < 1.29 is 28.0 Å². The second kappa shape index (κ2) is 6.19. The Balaban J connectivity index is 2.87. The summed E-state index contributed by atoms with van der Waals surface area (Å²) in [6.07, 6.45) is 0. The van der Waals surface area contributed by atoms with Crippen LogP contribution in [0.1, 0.15) is 6.92 Å². The number of ether oxygens (including phenoxy) is 1. The Morgan fingerprint density at radius 3 is 2.65 bits per heavy atom. The van der Waals surface area contributed by atoms with E-state index in [4.69, 9.17) is 0 Å². The van der Waals surface area contributed by atoms with E-state index in [2.05, 4.69) is 4.74 Å². The quantitative estimate of drug-likeness (QED) is 0.340. The summed E-state index contributed by atoms with van der Waals surface area (Å²) in [7, 11) is -4.07. The number of anilines is 1. The molecule has 0 saturated carbocycles. The average molecular weight is 304 g/mol. The monoisotopic (exact) mass is 304 g/mol. The zero-order valence-corrected chi connectivity index (χ0v) is 11.2. The van der Waals surface area contributed by atoms with Crippen LogP contribution in [0, 0.1) is 10.1 Å². The maximum Gasteiger partial charge on any atom is 0.323 e. The number of carbonyl (C=O) groups is 1. The van der Waals surface area contributed by atoms with E-state index in [1.165, 1.54) is 6.92 Å². The van der Waals surface area contributed by atoms with E-state index in [-0.39, 0.29) is 12.3 Å². The number of nitrogens with one attached hydrogen (secondary N) is 1. The molecule has 0 fully saturated rings. The van der Waals surface area contributed by atoms with Gasteiger partial charge in [0, 0.05) is 6.07 Å². The molecule has 9 nitrogen and oxygen atoms in total. The van der Waals surface area contributed by atoms with Crippen molar-refractivity contribution in [3.8, 4) is 5.75 Å². The molecule has 0 unspecified atom stereocenters. The van der Waals surface area contributed by atoms with Gasteiger partial charge in [0.2, 0.25) is 10.0 Å². The van der Waals surface area contributed by atoms with Gasteiger partial charge in [0.25, 0.3) is 5.69 Å². The minimum Gasteiger partial charge on any atom is -0.505 e. The number of benzene rings is 1. The molecule has 0 aliphatic heterocycles. The van der Waals surface area contributed by atoms with Crippen LogP contribution in [0.15, 0.2) is 18.2 Å². The van der Waals surface area contributed by atoms with Gasteiger partial charge in [-0.25, -0.2) is 8.42 Å². The second-order valence-electron chi connectivity index (χ2n) is 3.62. The Hall–Kier alpha value is -2.36. The average Bonchev–Trinajstić information content (AvgIpc) is 2.30. The number of nitro benzene ring substituents is 1. The van der Waals surface area contributed by atoms with Gasteiger partial charge in [0.1, 0.15) is 5.75 Å². The zero-order valence-electron chi connectivity index (χ0n) is 10.4. The fraction of sp³-hybridized carbons (Fsp3) is 0.300. The molecule has 0 amide bonds. The van der Waals surface area contributed by atoms with Gasteiger partial charge in [0.05, 0.1) is 23.3 Å². The van der Waals surface area contributed by atoms with E-state index in [1.807, 2.05) is 4.72 Å². The molecule has 10 heteroatoms. The molecule has 1 rings (SSSR count). The number of phenols is 1. The Morgan fingerprint density at radius 2 is 2.15 bits per heavy atom. The van der Waals surface area contributed by atoms with Crippen LogP contribution in [0.5, 0.6) is 5.75 Å². The lowest BCUT2D eigenvalue weighted by Crippen LogP contribution is -2.24. The number of non-ortho nitro benzene ring substituents is 1. The lowest BCUT2D eigenvalue weighted by atomic mass is 10.3. The number of nitro groups is 1. The smallest absolute Gasteiger partial charge is 0.323 e. The van der Waals surface area contributed by atoms with Crippen LogP contribution in [0.25, 0.3) is 0 Å². The van der Waals surface area contributed by atoms with Crippen molar-refractivity contribution in [2.45, 2.75) is 6.92 Å². The maximum atomic E-state index is 11.6. The van der Waals surface area contributed by atoms with Crippen LogP contribution < -0.4 is 4.72 Å². The number of hydrogen-bond donors (Lipinski definition) is 2. The van der Waals surface area contributed by atoms with Crippen molar-refractivity contribution in [3.05, 3.63) is 28.3 Å². The maximum absolute atomic E-state index is 11.6. The SMILES string of the molecule is CCOC(=O)CS(=O)(=O)Nc1ccc([N+](=O)[O-])cc1O. The van der Waals surface area contributed by atoms with Gasteiger partial charge in [-0.1, -0.05) is 0 Å². The molecule has 0 aliphatic rings. The van der Waals surface area contributed by atoms with Gasteiger partial charge in [-0.3, -0.25) is 19.6 Å². The minimum absolute atomic E-state index is 0.0388. The molecule has 110 valence electrons. The van der Waals surface area contributed by atoms with E-state index in [0.29, 0.717) is 0 Å². The number of esters is 1. The van der Waals surface area contributed by atoms with E-state index in [1.54, 1.807) is 0 Å². The molecule has 0 bridgehead atoms. The lowest BCUT2D eigenvalue weighted by molar-refractivity contribution is -0.384. The second-order valence-corrected chi connectivity index (χ2v) is 5.35. The third-order valence-electron chi connectivity index (χ3n) is 2.07. The van der Waals surface area contributed by atoms with Gasteiger partial charge >= 0.3 is 5.97 Å². The predicted molar refractivity (Wildman–Crippen MR) is 68.8 cm³/mol. The van der Waals surface area contributed by atoms with Crippen molar-refractivity contribution in [3.63, 3.8) is 0 Å². The fourth-order valence-corrected chi connectivity index (χ4v) is 2.25. The highest BCUT2D eigenvalue weighted by atomic mass is 32.2. The molecule has 0 heterocycles. The van der Waals surface area contributed by atoms with Gasteiger partial charge in [0.15, 0.2) is 5.75 Å². The molecule has 20 heavy (non-hydrogen) atoms. The first-order valence-corrected chi connectivity index (χ1v) is 7.04. The normalized spacial score (nSPS) is 10.8. The van der Waals surface area contributed by atoms with Crippen LogP contribution in [0.4, 0.5) is 11.4 Å². The van der Waals surface area contributed by atoms with Crippen LogP contribution in [0.2, 0.25) is 0 Å². The number of aromatic hydroxyl groups is 1. The van der Waals surface area contributed by atoms with E-state index in [9.17, 15) is 28.4 Å². The Morgan fingerprint density at radius 1 is 1.50 bits per heavy atom. The summed E-state index contributed by atoms with van der Waals surface area (Å²) in [5, 5.41) is 20.0. The number of sulfonamides is 1. The zero-order chi connectivity index (χ0) is 15.3. The fourth-order valence-electron chi connectivity index (χ4n) is 1.28. The van der Waals surface area contributed by atoms with Gasteiger partial charge in [-0.15, -0.1) is 0 Å². The summed E-state index contributed by atoms with van der Waals surface area (Å²) in [4.78, 5) is 20.8. The highest BCUT2D eigenvalue weighted by Crippen LogP contribution is 2.28. The number of hydrogen-bond acceptors (Lipinski definition) is 7. The lowest BCUT2D eigenvalue weighted by Gasteiger charge is -2.08. The Bertz CT molecular complexity index is 626. The molecular formula is C10H12N2O7S. The third-order valence-corrected chi connectivity index (χ3v) is 3.22. The first kappa shape index (κ1) is 15.7. The van der Waals surface area contributed by atoms with Gasteiger partial charge in [-0.2, -0.15) is 0 Å². The van der Waals surface area contributed by atoms with Crippen LogP contribution in [-0.2, 0) is 19.6 Å². The molecule has 1 aromatic carbocycles. The van der Waals surface area contributed by atoms with Crippen molar-refractivity contribution in [2.24, 2.45) is 0 Å². The third kappa shape index (κ3) is 4.39. The molecule has 2 N–H and O–H groups in total. The van der Waals surface area contributed by atoms with Crippen LogP contribution in [-0.4, -0.2) is 36.8 Å². The first-order valence-electron chi connectivity index (χ1n) is 5.38. The number of nitrogens with zero attached hydrogens (tertiary/aromatic N) is 1. The van der Waals surface area contributed by atoms with E-state index >= 15 is 0 Å². The topological polar surface area (TPSA) is 136 Å². The minimum atomic E-state index is -4.07. The van der Waals surface area contributed by atoms with E-state index < -0.39 is 38.1 Å². The number of rotatable bonds is 6. The molecule has 0 radical (unpaired) electrons. The molecular weight excluding hydrogens is 292 g/mol. The first-order chi connectivity index (χ1) is 9.25. The summed E-state index contributed by atoms with van der Waals surface area (Å²) >= 11 is 0. The predicted octanol–water partition coefficient (Wildman–Crippen LogP) is 0.605. The summed E-state index contributed by atoms with van der Waals surface area (Å²) < 4.78 is 29.6. The molecule has 0 atom stereocenters. The molecule has 0 saturated heterocycles. The largest absolute Gasteiger partial charge is 0.505 e. The highest BCUT2D eigenvalue weighted by Gasteiger charge is 2.20. The number of carbonyl (C=O) groups excluding carboxylic acids is 1. The summed E-state index contributed by atoms with van der Waals surface area (Å²) in [5.74, 6) is -2.48. The van der Waals surface area contributed by atoms with Crippen molar-refractivity contribution >= 4 is 27.4 Å². The summed E-state index contributed by atoms with van der Waals surface area (Å²) in [6, 6.07) is 2.83. The summed E-state index contributed by atoms with van der Waals surface area (Å²) in [6.45, 7) is 1.57. The van der Waals surface area contributed by atoms with Gasteiger partial charge in [-0.05, 0) is 13.0 Å². The van der Waals surface area contributed by atoms with Crippen LogP contribution in [0.3, 0.4) is 0 Å². The number of phenolic OH excluding ortho intramolecular Hbond substituents is 1. The Labute approximate surface area is 114 Å².